The molecule has 0 aliphatic rings. The molecule has 8 heteroatoms. The second-order valence-corrected chi connectivity index (χ2v) is 3.41. The van der Waals surface area contributed by atoms with Gasteiger partial charge in [-0.25, -0.2) is 4.98 Å². The topological polar surface area (TPSA) is 45.9 Å². The summed E-state index contributed by atoms with van der Waals surface area (Å²) < 4.78 is 39.0. The maximum absolute atomic E-state index is 11.9. The minimum Gasteiger partial charge on any atom is -0.403 e. The number of alkyl halides is 3. The van der Waals surface area contributed by atoms with E-state index in [1.165, 1.54) is 0 Å². The van der Waals surface area contributed by atoms with Crippen molar-refractivity contribution in [3.8, 4) is 11.8 Å². The average molecular weight is 301 g/mol. The molecular weight excluding hydrogens is 300 g/mol. The standard InChI is InChI=1S/C7HBrClF3N2O/c8-5-3(1-13)6(9)14-2-4(5)15-7(10,11)12/h2H. The van der Waals surface area contributed by atoms with Crippen LogP contribution in [0, 0.1) is 11.3 Å². The predicted molar refractivity (Wildman–Crippen MR) is 48.3 cm³/mol. The van der Waals surface area contributed by atoms with Crippen LogP contribution in [0.1, 0.15) is 5.56 Å². The van der Waals surface area contributed by atoms with Gasteiger partial charge in [0.1, 0.15) is 16.8 Å². The fraction of sp³-hybridized carbons (Fsp3) is 0.143. The van der Waals surface area contributed by atoms with Gasteiger partial charge in [-0.2, -0.15) is 5.26 Å². The summed E-state index contributed by atoms with van der Waals surface area (Å²) in [7, 11) is 0. The molecule has 0 radical (unpaired) electrons. The number of hydrogen-bond donors (Lipinski definition) is 0. The zero-order chi connectivity index (χ0) is 11.6. The Morgan fingerprint density at radius 3 is 2.60 bits per heavy atom. The highest BCUT2D eigenvalue weighted by atomic mass is 79.9. The van der Waals surface area contributed by atoms with Crippen molar-refractivity contribution < 1.29 is 17.9 Å². The normalized spacial score (nSPS) is 10.9. The minimum atomic E-state index is -4.84. The molecule has 0 saturated heterocycles. The van der Waals surface area contributed by atoms with Crippen LogP contribution in [-0.4, -0.2) is 11.3 Å². The third-order valence-electron chi connectivity index (χ3n) is 1.27. The van der Waals surface area contributed by atoms with E-state index in [0.717, 1.165) is 6.20 Å². The fourth-order valence-electron chi connectivity index (χ4n) is 0.741. The first-order valence-electron chi connectivity index (χ1n) is 3.35. The lowest BCUT2D eigenvalue weighted by Gasteiger charge is -2.10. The van der Waals surface area contributed by atoms with E-state index in [-0.39, 0.29) is 15.2 Å². The van der Waals surface area contributed by atoms with E-state index in [2.05, 4.69) is 25.7 Å². The zero-order valence-corrected chi connectivity index (χ0v) is 9.11. The average Bonchev–Trinajstić information content (AvgIpc) is 2.09. The van der Waals surface area contributed by atoms with Crippen LogP contribution in [0.5, 0.6) is 5.75 Å². The van der Waals surface area contributed by atoms with Gasteiger partial charge in [0.15, 0.2) is 5.75 Å². The Morgan fingerprint density at radius 1 is 1.53 bits per heavy atom. The van der Waals surface area contributed by atoms with Gasteiger partial charge >= 0.3 is 6.36 Å². The molecule has 1 heterocycles. The molecule has 0 aliphatic heterocycles. The second-order valence-electron chi connectivity index (χ2n) is 2.26. The predicted octanol–water partition coefficient (Wildman–Crippen LogP) is 3.27. The lowest BCUT2D eigenvalue weighted by molar-refractivity contribution is -0.275. The first kappa shape index (κ1) is 12.1. The summed E-state index contributed by atoms with van der Waals surface area (Å²) in [6, 6.07) is 1.60. The number of rotatable bonds is 1. The van der Waals surface area contributed by atoms with Gasteiger partial charge in [0.2, 0.25) is 0 Å². The molecule has 80 valence electrons. The zero-order valence-electron chi connectivity index (χ0n) is 6.77. The van der Waals surface area contributed by atoms with Crippen molar-refractivity contribution in [2.75, 3.05) is 0 Å². The van der Waals surface area contributed by atoms with E-state index >= 15 is 0 Å². The monoisotopic (exact) mass is 300 g/mol. The van der Waals surface area contributed by atoms with Gasteiger partial charge in [-0.05, 0) is 15.9 Å². The molecule has 0 aromatic carbocycles. The highest BCUT2D eigenvalue weighted by molar-refractivity contribution is 9.10. The lowest BCUT2D eigenvalue weighted by atomic mass is 10.3. The number of nitriles is 1. The maximum atomic E-state index is 11.9. The number of pyridine rings is 1. The first-order valence-corrected chi connectivity index (χ1v) is 4.52. The van der Waals surface area contributed by atoms with Crippen molar-refractivity contribution in [1.29, 1.82) is 5.26 Å². The summed E-state index contributed by atoms with van der Waals surface area (Å²) in [6.07, 6.45) is -4.06. The summed E-state index contributed by atoms with van der Waals surface area (Å²) in [4.78, 5) is 3.38. The Kier molecular flexibility index (Phi) is 3.42. The molecule has 0 fully saturated rings. The summed E-state index contributed by atoms with van der Waals surface area (Å²) in [5, 5.41) is 8.39. The Labute approximate surface area is 95.6 Å². The molecule has 0 aliphatic carbocycles. The number of ether oxygens (including phenoxy) is 1. The SMILES string of the molecule is N#Cc1c(Cl)ncc(OC(F)(F)F)c1Br. The number of aromatic nitrogens is 1. The molecule has 0 saturated carbocycles. The molecular formula is C7HBrClF3N2O. The van der Waals surface area contributed by atoms with Crippen LogP contribution in [0.2, 0.25) is 5.15 Å². The smallest absolute Gasteiger partial charge is 0.403 e. The van der Waals surface area contributed by atoms with E-state index in [9.17, 15) is 13.2 Å². The second kappa shape index (κ2) is 4.24. The van der Waals surface area contributed by atoms with E-state index < -0.39 is 12.1 Å². The molecule has 0 spiro atoms. The highest BCUT2D eigenvalue weighted by Crippen LogP contribution is 2.34. The molecule has 1 aromatic heterocycles. The van der Waals surface area contributed by atoms with Crippen LogP contribution < -0.4 is 4.74 Å². The van der Waals surface area contributed by atoms with Crippen molar-refractivity contribution in [3.63, 3.8) is 0 Å². The summed E-state index contributed by atoms with van der Waals surface area (Å²) in [6.45, 7) is 0. The largest absolute Gasteiger partial charge is 0.573 e. The molecule has 1 rings (SSSR count). The molecule has 0 unspecified atom stereocenters. The van der Waals surface area contributed by atoms with Crippen LogP contribution in [0.15, 0.2) is 10.7 Å². The maximum Gasteiger partial charge on any atom is 0.573 e. The molecule has 0 N–H and O–H groups in total. The van der Waals surface area contributed by atoms with E-state index in [0.29, 0.717) is 0 Å². The number of nitrogens with zero attached hydrogens (tertiary/aromatic N) is 2. The molecule has 3 nitrogen and oxygen atoms in total. The summed E-state index contributed by atoms with van der Waals surface area (Å²) >= 11 is 8.25. The van der Waals surface area contributed by atoms with E-state index in [4.69, 9.17) is 16.9 Å². The highest BCUT2D eigenvalue weighted by Gasteiger charge is 2.32. The van der Waals surface area contributed by atoms with E-state index in [1.54, 1.807) is 6.07 Å². The number of hydrogen-bond acceptors (Lipinski definition) is 3. The van der Waals surface area contributed by atoms with Crippen LogP contribution in [0.4, 0.5) is 13.2 Å². The molecule has 0 amide bonds. The van der Waals surface area contributed by atoms with Crippen LogP contribution in [-0.2, 0) is 0 Å². The molecule has 15 heavy (non-hydrogen) atoms. The van der Waals surface area contributed by atoms with Crippen LogP contribution in [0.3, 0.4) is 0 Å². The van der Waals surface area contributed by atoms with Gasteiger partial charge in [-0.3, -0.25) is 0 Å². The summed E-state index contributed by atoms with van der Waals surface area (Å²) in [5.74, 6) is -0.608. The van der Waals surface area contributed by atoms with Gasteiger partial charge < -0.3 is 4.74 Å². The third kappa shape index (κ3) is 2.97. The lowest BCUT2D eigenvalue weighted by Crippen LogP contribution is -2.17. The van der Waals surface area contributed by atoms with Crippen molar-refractivity contribution in [3.05, 3.63) is 21.4 Å². The van der Waals surface area contributed by atoms with Crippen molar-refractivity contribution in [1.82, 2.24) is 4.98 Å². The third-order valence-corrected chi connectivity index (χ3v) is 2.35. The molecule has 1 aromatic rings. The molecule has 0 bridgehead atoms. The van der Waals surface area contributed by atoms with Crippen molar-refractivity contribution in [2.45, 2.75) is 6.36 Å². The molecule has 0 atom stereocenters. The van der Waals surface area contributed by atoms with E-state index in [1.807, 2.05) is 0 Å². The quantitative estimate of drug-likeness (QED) is 0.748. The Bertz CT molecular complexity index is 429. The van der Waals surface area contributed by atoms with Crippen molar-refractivity contribution >= 4 is 27.5 Å². The van der Waals surface area contributed by atoms with Crippen LogP contribution in [0.25, 0.3) is 0 Å². The van der Waals surface area contributed by atoms with Crippen LogP contribution >= 0.6 is 27.5 Å². The van der Waals surface area contributed by atoms with Gasteiger partial charge in [0.25, 0.3) is 0 Å². The Balaban J connectivity index is 3.18. The van der Waals surface area contributed by atoms with Gasteiger partial charge in [0.05, 0.1) is 10.7 Å². The fourth-order valence-corrected chi connectivity index (χ4v) is 1.50. The minimum absolute atomic E-state index is 0.178. The van der Waals surface area contributed by atoms with Crippen molar-refractivity contribution in [2.24, 2.45) is 0 Å². The first-order chi connectivity index (χ1) is 6.85. The Hall–Kier alpha value is -1.00. The Morgan fingerprint density at radius 2 is 2.13 bits per heavy atom. The number of halogens is 5. The van der Waals surface area contributed by atoms with Gasteiger partial charge in [0, 0.05) is 0 Å². The van der Waals surface area contributed by atoms with Gasteiger partial charge in [-0.15, -0.1) is 13.2 Å². The summed E-state index contributed by atoms with van der Waals surface area (Å²) in [5.41, 5.74) is -0.210. The van der Waals surface area contributed by atoms with Gasteiger partial charge in [-0.1, -0.05) is 11.6 Å².